The van der Waals surface area contributed by atoms with Crippen LogP contribution < -0.4 is 5.32 Å². The summed E-state index contributed by atoms with van der Waals surface area (Å²) in [6.45, 7) is 1.00. The number of rotatable bonds is 2. The lowest BCUT2D eigenvalue weighted by Gasteiger charge is -2.09. The van der Waals surface area contributed by atoms with Crippen LogP contribution in [0.2, 0.25) is 0 Å². The fourth-order valence-electron chi connectivity index (χ4n) is 1.67. The van der Waals surface area contributed by atoms with Gasteiger partial charge in [-0.05, 0) is 24.6 Å². The minimum absolute atomic E-state index is 0.0783. The zero-order valence-corrected chi connectivity index (χ0v) is 9.07. The molecule has 1 atom stereocenters. The first-order chi connectivity index (χ1) is 8.20. The Morgan fingerprint density at radius 1 is 1.59 bits per heavy atom. The number of amides is 1. The molecule has 1 aromatic rings. The van der Waals surface area contributed by atoms with Crippen molar-refractivity contribution in [3.05, 3.63) is 29.6 Å². The number of halogens is 1. The summed E-state index contributed by atoms with van der Waals surface area (Å²) in [6, 6.07) is 5.65. The Balaban J connectivity index is 2.08. The summed E-state index contributed by atoms with van der Waals surface area (Å²) in [6.07, 6.45) is 0.693. The van der Waals surface area contributed by atoms with E-state index in [9.17, 15) is 9.18 Å². The van der Waals surface area contributed by atoms with Crippen LogP contribution in [0, 0.1) is 23.1 Å². The van der Waals surface area contributed by atoms with Gasteiger partial charge in [0.25, 0.3) is 0 Å². The van der Waals surface area contributed by atoms with Crippen LogP contribution >= 0.6 is 0 Å². The second kappa shape index (κ2) is 4.93. The number of nitrogens with one attached hydrogen (secondary N) is 1. The molecule has 1 heterocycles. The first kappa shape index (κ1) is 11.6. The monoisotopic (exact) mass is 234 g/mol. The van der Waals surface area contributed by atoms with E-state index in [2.05, 4.69) is 5.32 Å². The smallest absolute Gasteiger partial charge is 0.229 e. The number of nitriles is 1. The molecule has 1 unspecified atom stereocenters. The number of ether oxygens (including phenoxy) is 1. The standard InChI is InChI=1S/C12H11FN2O2/c13-11-2-1-10(5-9(11)6-14)15-12(16)8-3-4-17-7-8/h1-2,5,8H,3-4,7H2,(H,15,16). The molecule has 4 nitrogen and oxygen atoms in total. The van der Waals surface area contributed by atoms with Gasteiger partial charge >= 0.3 is 0 Å². The van der Waals surface area contributed by atoms with Crippen molar-refractivity contribution < 1.29 is 13.9 Å². The van der Waals surface area contributed by atoms with Crippen LogP contribution in [0.1, 0.15) is 12.0 Å². The van der Waals surface area contributed by atoms with Gasteiger partial charge in [-0.3, -0.25) is 4.79 Å². The van der Waals surface area contributed by atoms with Gasteiger partial charge in [-0.25, -0.2) is 4.39 Å². The molecule has 1 aliphatic heterocycles. The van der Waals surface area contributed by atoms with E-state index in [1.54, 1.807) is 6.07 Å². The predicted octanol–water partition coefficient (Wildman–Crippen LogP) is 1.67. The molecular weight excluding hydrogens is 223 g/mol. The summed E-state index contributed by atoms with van der Waals surface area (Å²) in [5, 5.41) is 11.3. The van der Waals surface area contributed by atoms with Gasteiger partial charge in [-0.15, -0.1) is 0 Å². The highest BCUT2D eigenvalue weighted by molar-refractivity contribution is 5.92. The number of carbonyl (C=O) groups is 1. The van der Waals surface area contributed by atoms with Crippen LogP contribution in [-0.2, 0) is 9.53 Å². The molecule has 0 bridgehead atoms. The van der Waals surface area contributed by atoms with Crippen molar-refractivity contribution in [1.29, 1.82) is 5.26 Å². The highest BCUT2D eigenvalue weighted by atomic mass is 19.1. The molecule has 0 aliphatic carbocycles. The van der Waals surface area contributed by atoms with Crippen molar-refractivity contribution >= 4 is 11.6 Å². The number of hydrogen-bond acceptors (Lipinski definition) is 3. The SMILES string of the molecule is N#Cc1cc(NC(=O)C2CCOC2)ccc1F. The van der Waals surface area contributed by atoms with Crippen LogP contribution in [-0.4, -0.2) is 19.1 Å². The summed E-state index contributed by atoms with van der Waals surface area (Å²) in [7, 11) is 0. The van der Waals surface area contributed by atoms with Gasteiger partial charge in [-0.1, -0.05) is 0 Å². The third-order valence-electron chi connectivity index (χ3n) is 2.65. The molecule has 1 saturated heterocycles. The van der Waals surface area contributed by atoms with E-state index in [1.165, 1.54) is 18.2 Å². The molecule has 1 amide bonds. The number of carbonyl (C=O) groups excluding carboxylic acids is 1. The molecule has 0 radical (unpaired) electrons. The summed E-state index contributed by atoms with van der Waals surface area (Å²) >= 11 is 0. The summed E-state index contributed by atoms with van der Waals surface area (Å²) in [5.41, 5.74) is 0.352. The maximum absolute atomic E-state index is 13.1. The third kappa shape index (κ3) is 2.60. The van der Waals surface area contributed by atoms with Crippen LogP contribution in [0.25, 0.3) is 0 Å². The van der Waals surface area contributed by atoms with E-state index in [0.717, 1.165) is 0 Å². The normalized spacial score (nSPS) is 18.7. The third-order valence-corrected chi connectivity index (χ3v) is 2.65. The Morgan fingerprint density at radius 2 is 2.41 bits per heavy atom. The number of benzene rings is 1. The maximum Gasteiger partial charge on any atom is 0.229 e. The summed E-state index contributed by atoms with van der Waals surface area (Å²) < 4.78 is 18.2. The summed E-state index contributed by atoms with van der Waals surface area (Å²) in [4.78, 5) is 11.7. The lowest BCUT2D eigenvalue weighted by molar-refractivity contribution is -0.119. The molecule has 1 aromatic carbocycles. The van der Waals surface area contributed by atoms with Crippen molar-refractivity contribution in [1.82, 2.24) is 0 Å². The number of nitrogens with zero attached hydrogens (tertiary/aromatic N) is 1. The van der Waals surface area contributed by atoms with Gasteiger partial charge < -0.3 is 10.1 Å². The molecule has 5 heteroatoms. The van der Waals surface area contributed by atoms with E-state index in [1.807, 2.05) is 0 Å². The van der Waals surface area contributed by atoms with E-state index >= 15 is 0 Å². The van der Waals surface area contributed by atoms with E-state index in [0.29, 0.717) is 25.3 Å². The molecule has 0 saturated carbocycles. The molecule has 88 valence electrons. The first-order valence-corrected chi connectivity index (χ1v) is 5.29. The van der Waals surface area contributed by atoms with Crippen molar-refractivity contribution in [2.45, 2.75) is 6.42 Å². The second-order valence-electron chi connectivity index (χ2n) is 3.86. The molecule has 1 aliphatic rings. The zero-order chi connectivity index (χ0) is 12.3. The largest absolute Gasteiger partial charge is 0.381 e. The zero-order valence-electron chi connectivity index (χ0n) is 9.07. The van der Waals surface area contributed by atoms with Crippen LogP contribution in [0.5, 0.6) is 0 Å². The van der Waals surface area contributed by atoms with Gasteiger partial charge in [0.05, 0.1) is 18.1 Å². The lowest BCUT2D eigenvalue weighted by Crippen LogP contribution is -2.22. The van der Waals surface area contributed by atoms with E-state index in [4.69, 9.17) is 10.00 Å². The Kier molecular flexibility index (Phi) is 3.35. The van der Waals surface area contributed by atoms with Crippen LogP contribution in [0.4, 0.5) is 10.1 Å². The van der Waals surface area contributed by atoms with Crippen molar-refractivity contribution in [2.24, 2.45) is 5.92 Å². The second-order valence-corrected chi connectivity index (χ2v) is 3.86. The van der Waals surface area contributed by atoms with Gasteiger partial charge in [0, 0.05) is 12.3 Å². The topological polar surface area (TPSA) is 62.1 Å². The molecule has 1 N–H and O–H groups in total. The Morgan fingerprint density at radius 3 is 3.06 bits per heavy atom. The highest BCUT2D eigenvalue weighted by Gasteiger charge is 2.23. The molecule has 2 rings (SSSR count). The van der Waals surface area contributed by atoms with Crippen LogP contribution in [0.15, 0.2) is 18.2 Å². The Labute approximate surface area is 98.0 Å². The molecular formula is C12H11FN2O2. The van der Waals surface area contributed by atoms with E-state index < -0.39 is 5.82 Å². The average Bonchev–Trinajstić information content (AvgIpc) is 2.85. The molecule has 0 spiro atoms. The first-order valence-electron chi connectivity index (χ1n) is 5.29. The summed E-state index contributed by atoms with van der Waals surface area (Å²) in [5.74, 6) is -0.904. The van der Waals surface area contributed by atoms with Gasteiger partial charge in [0.2, 0.25) is 5.91 Å². The fourth-order valence-corrected chi connectivity index (χ4v) is 1.67. The van der Waals surface area contributed by atoms with Crippen LogP contribution in [0.3, 0.4) is 0 Å². The minimum atomic E-state index is -0.588. The predicted molar refractivity (Wildman–Crippen MR) is 58.7 cm³/mol. The van der Waals surface area contributed by atoms with Crippen molar-refractivity contribution in [3.8, 4) is 6.07 Å². The Hall–Kier alpha value is -1.93. The highest BCUT2D eigenvalue weighted by Crippen LogP contribution is 2.18. The number of anilines is 1. The van der Waals surface area contributed by atoms with Gasteiger partial charge in [0.15, 0.2) is 0 Å². The quantitative estimate of drug-likeness (QED) is 0.846. The minimum Gasteiger partial charge on any atom is -0.381 e. The fraction of sp³-hybridized carbons (Fsp3) is 0.333. The molecule has 0 aromatic heterocycles. The lowest BCUT2D eigenvalue weighted by atomic mass is 10.1. The average molecular weight is 234 g/mol. The molecule has 17 heavy (non-hydrogen) atoms. The van der Waals surface area contributed by atoms with Gasteiger partial charge in [0.1, 0.15) is 11.9 Å². The van der Waals surface area contributed by atoms with Crippen molar-refractivity contribution in [2.75, 3.05) is 18.5 Å². The number of hydrogen-bond donors (Lipinski definition) is 1. The molecule has 1 fully saturated rings. The van der Waals surface area contributed by atoms with Gasteiger partial charge in [-0.2, -0.15) is 5.26 Å². The van der Waals surface area contributed by atoms with Crippen molar-refractivity contribution in [3.63, 3.8) is 0 Å². The maximum atomic E-state index is 13.1. The Bertz CT molecular complexity index is 476. The van der Waals surface area contributed by atoms with E-state index in [-0.39, 0.29) is 17.4 Å².